The summed E-state index contributed by atoms with van der Waals surface area (Å²) in [6.45, 7) is 4.28. The third kappa shape index (κ3) is 5.77. The van der Waals surface area contributed by atoms with Gasteiger partial charge in [0.15, 0.2) is 5.69 Å². The zero-order chi connectivity index (χ0) is 24.9. The molecule has 0 radical (unpaired) electrons. The summed E-state index contributed by atoms with van der Waals surface area (Å²) in [6.07, 6.45) is 2.46. The van der Waals surface area contributed by atoms with Crippen molar-refractivity contribution in [1.29, 1.82) is 0 Å². The van der Waals surface area contributed by atoms with Gasteiger partial charge in [0, 0.05) is 18.5 Å². The topological polar surface area (TPSA) is 97.6 Å². The van der Waals surface area contributed by atoms with Crippen molar-refractivity contribution in [2.24, 2.45) is 0 Å². The van der Waals surface area contributed by atoms with Crippen LogP contribution in [0.2, 0.25) is 0 Å². The zero-order valence-electron chi connectivity index (χ0n) is 19.5. The molecule has 35 heavy (non-hydrogen) atoms. The lowest BCUT2D eigenvalue weighted by atomic mass is 10.1. The number of hydrogen-bond acceptors (Lipinski definition) is 8. The number of amides is 2. The highest BCUT2D eigenvalue weighted by Crippen LogP contribution is 2.33. The second-order valence-corrected chi connectivity index (χ2v) is 9.71. The average Bonchev–Trinajstić information content (AvgIpc) is 3.39. The van der Waals surface area contributed by atoms with Crippen molar-refractivity contribution in [2.45, 2.75) is 26.7 Å². The van der Waals surface area contributed by atoms with E-state index in [4.69, 9.17) is 21.6 Å². The number of nitrogens with one attached hydrogen (secondary N) is 1. The Kier molecular flexibility index (Phi) is 7.62. The Hall–Kier alpha value is -3.50. The van der Waals surface area contributed by atoms with Crippen LogP contribution in [0.5, 0.6) is 5.75 Å². The highest BCUT2D eigenvalue weighted by molar-refractivity contribution is 8.26. The van der Waals surface area contributed by atoms with Crippen LogP contribution in [0.3, 0.4) is 0 Å². The third-order valence-corrected chi connectivity index (χ3v) is 6.85. The van der Waals surface area contributed by atoms with Crippen molar-refractivity contribution < 1.29 is 19.0 Å². The van der Waals surface area contributed by atoms with Gasteiger partial charge in [-0.1, -0.05) is 53.8 Å². The first-order valence-electron chi connectivity index (χ1n) is 10.9. The van der Waals surface area contributed by atoms with Crippen LogP contribution in [0.4, 0.5) is 5.82 Å². The molecule has 1 aromatic heterocycles. The van der Waals surface area contributed by atoms with Gasteiger partial charge < -0.3 is 10.1 Å². The van der Waals surface area contributed by atoms with E-state index in [1.54, 1.807) is 13.2 Å². The standard InChI is InChI=1S/C25H24N4O4S2/c1-15-6-8-17(9-7-15)14-20-24(31)29(25(34)35-20)12-4-5-21(30)26-23-22(27-33-28-23)19-11-10-18(32-3)13-16(19)2/h6-11,13-14H,4-5,12H2,1-3H3,(H,26,28,30)/b20-14-. The second-order valence-electron chi connectivity index (χ2n) is 8.04. The number of aryl methyl sites for hydroxylation is 2. The Balaban J connectivity index is 1.33. The van der Waals surface area contributed by atoms with Crippen LogP contribution in [0, 0.1) is 13.8 Å². The van der Waals surface area contributed by atoms with Gasteiger partial charge in [0.05, 0.1) is 12.0 Å². The predicted molar refractivity (Wildman–Crippen MR) is 140 cm³/mol. The fraction of sp³-hybridized carbons (Fsp3) is 0.240. The minimum atomic E-state index is -0.256. The second kappa shape index (κ2) is 10.8. The number of ether oxygens (including phenoxy) is 1. The minimum absolute atomic E-state index is 0.140. The number of carbonyl (C=O) groups excluding carboxylic acids is 2. The van der Waals surface area contributed by atoms with Gasteiger partial charge in [0.2, 0.25) is 11.7 Å². The van der Waals surface area contributed by atoms with Crippen molar-refractivity contribution in [2.75, 3.05) is 19.0 Å². The van der Waals surface area contributed by atoms with Gasteiger partial charge in [-0.25, -0.2) is 4.63 Å². The molecule has 2 heterocycles. The molecule has 1 fully saturated rings. The van der Waals surface area contributed by atoms with E-state index in [2.05, 4.69) is 15.6 Å². The summed E-state index contributed by atoms with van der Waals surface area (Å²) in [4.78, 5) is 27.5. The number of thioether (sulfide) groups is 1. The Morgan fingerprint density at radius 2 is 1.97 bits per heavy atom. The number of nitrogens with zero attached hydrogens (tertiary/aromatic N) is 3. The monoisotopic (exact) mass is 508 g/mol. The lowest BCUT2D eigenvalue weighted by Gasteiger charge is -2.14. The number of hydrogen-bond donors (Lipinski definition) is 1. The summed E-state index contributed by atoms with van der Waals surface area (Å²) >= 11 is 6.67. The Bertz CT molecular complexity index is 1300. The van der Waals surface area contributed by atoms with Gasteiger partial charge in [-0.15, -0.1) is 0 Å². The number of aromatic nitrogens is 2. The van der Waals surface area contributed by atoms with Crippen molar-refractivity contribution in [3.8, 4) is 17.0 Å². The van der Waals surface area contributed by atoms with Crippen LogP contribution >= 0.6 is 24.0 Å². The molecule has 10 heteroatoms. The zero-order valence-corrected chi connectivity index (χ0v) is 21.2. The normalized spacial score (nSPS) is 14.6. The average molecular weight is 509 g/mol. The fourth-order valence-corrected chi connectivity index (χ4v) is 4.88. The van der Waals surface area contributed by atoms with Crippen LogP contribution in [0.15, 0.2) is 52.0 Å². The number of anilines is 1. The van der Waals surface area contributed by atoms with Crippen LogP contribution in [-0.4, -0.2) is 45.0 Å². The summed E-state index contributed by atoms with van der Waals surface area (Å²) < 4.78 is 10.6. The molecular formula is C25H24N4O4S2. The quantitative estimate of drug-likeness (QED) is 0.336. The molecule has 3 aromatic rings. The Labute approximate surface area is 212 Å². The summed E-state index contributed by atoms with van der Waals surface area (Å²) in [5.74, 6) is 0.570. The van der Waals surface area contributed by atoms with Crippen LogP contribution < -0.4 is 10.1 Å². The molecule has 1 saturated heterocycles. The first-order chi connectivity index (χ1) is 16.9. The van der Waals surface area contributed by atoms with Crippen molar-refractivity contribution in [3.63, 3.8) is 0 Å². The molecule has 0 bridgehead atoms. The molecule has 0 spiro atoms. The van der Waals surface area contributed by atoms with E-state index in [1.165, 1.54) is 16.7 Å². The summed E-state index contributed by atoms with van der Waals surface area (Å²) in [5.41, 5.74) is 4.22. The molecule has 180 valence electrons. The van der Waals surface area contributed by atoms with Gasteiger partial charge in [0.25, 0.3) is 5.91 Å². The SMILES string of the molecule is COc1ccc(-c2nonc2NC(=O)CCCN2C(=O)/C(=C/c3ccc(C)cc3)SC2=S)c(C)c1. The van der Waals surface area contributed by atoms with Gasteiger partial charge >= 0.3 is 0 Å². The van der Waals surface area contributed by atoms with E-state index in [0.717, 1.165) is 28.0 Å². The molecule has 0 unspecified atom stereocenters. The predicted octanol–water partition coefficient (Wildman–Crippen LogP) is 4.98. The summed E-state index contributed by atoms with van der Waals surface area (Å²) in [5, 5.41) is 10.5. The minimum Gasteiger partial charge on any atom is -0.497 e. The van der Waals surface area contributed by atoms with E-state index >= 15 is 0 Å². The van der Waals surface area contributed by atoms with E-state index in [0.29, 0.717) is 27.9 Å². The van der Waals surface area contributed by atoms with Crippen molar-refractivity contribution in [3.05, 3.63) is 64.1 Å². The van der Waals surface area contributed by atoms with Crippen LogP contribution in [0.1, 0.15) is 29.5 Å². The van der Waals surface area contributed by atoms with E-state index in [9.17, 15) is 9.59 Å². The largest absolute Gasteiger partial charge is 0.497 e. The maximum atomic E-state index is 12.8. The smallest absolute Gasteiger partial charge is 0.266 e. The molecule has 1 aliphatic heterocycles. The van der Waals surface area contributed by atoms with Gasteiger partial charge in [-0.05, 0) is 66.0 Å². The number of benzene rings is 2. The lowest BCUT2D eigenvalue weighted by molar-refractivity contribution is -0.122. The number of rotatable bonds is 8. The first kappa shape index (κ1) is 24.6. The summed E-state index contributed by atoms with van der Waals surface area (Å²) in [7, 11) is 1.60. The van der Waals surface area contributed by atoms with Crippen LogP contribution in [-0.2, 0) is 9.59 Å². The molecule has 2 aromatic carbocycles. The highest BCUT2D eigenvalue weighted by atomic mass is 32.2. The number of thiocarbonyl (C=S) groups is 1. The van der Waals surface area contributed by atoms with Gasteiger partial charge in [-0.2, -0.15) is 0 Å². The molecule has 2 amide bonds. The molecule has 1 N–H and O–H groups in total. The number of methoxy groups -OCH3 is 1. The molecule has 0 atom stereocenters. The molecule has 8 nitrogen and oxygen atoms in total. The molecule has 4 rings (SSSR count). The summed E-state index contributed by atoms with van der Waals surface area (Å²) in [6, 6.07) is 13.4. The maximum Gasteiger partial charge on any atom is 0.266 e. The van der Waals surface area contributed by atoms with E-state index in [-0.39, 0.29) is 24.1 Å². The van der Waals surface area contributed by atoms with Crippen molar-refractivity contribution in [1.82, 2.24) is 15.2 Å². The van der Waals surface area contributed by atoms with E-state index in [1.807, 2.05) is 56.3 Å². The third-order valence-electron chi connectivity index (χ3n) is 5.47. The molecule has 0 aliphatic carbocycles. The van der Waals surface area contributed by atoms with E-state index < -0.39 is 0 Å². The first-order valence-corrected chi connectivity index (χ1v) is 12.2. The maximum absolute atomic E-state index is 12.8. The molecule has 0 saturated carbocycles. The fourth-order valence-electron chi connectivity index (χ4n) is 3.58. The Morgan fingerprint density at radius 1 is 1.20 bits per heavy atom. The molecule has 1 aliphatic rings. The van der Waals surface area contributed by atoms with Crippen molar-refractivity contribution >= 4 is 52.0 Å². The number of carbonyl (C=O) groups is 2. The lowest BCUT2D eigenvalue weighted by Crippen LogP contribution is -2.29. The van der Waals surface area contributed by atoms with Crippen LogP contribution in [0.25, 0.3) is 17.3 Å². The highest BCUT2D eigenvalue weighted by Gasteiger charge is 2.31. The van der Waals surface area contributed by atoms with Gasteiger partial charge in [0.1, 0.15) is 10.1 Å². The molecular weight excluding hydrogens is 484 g/mol. The van der Waals surface area contributed by atoms with Gasteiger partial charge in [-0.3, -0.25) is 14.5 Å². The Morgan fingerprint density at radius 3 is 2.69 bits per heavy atom.